The summed E-state index contributed by atoms with van der Waals surface area (Å²) >= 11 is 0. The third-order valence-corrected chi connectivity index (χ3v) is 7.19. The number of nitrogens with zero attached hydrogens (tertiary/aromatic N) is 1. The zero-order valence-corrected chi connectivity index (χ0v) is 19.1. The second-order valence-corrected chi connectivity index (χ2v) is 9.52. The number of carbonyl (C=O) groups excluding carboxylic acids is 2. The number of esters is 1. The highest BCUT2D eigenvalue weighted by Crippen LogP contribution is 2.24. The van der Waals surface area contributed by atoms with Crippen molar-refractivity contribution in [2.24, 2.45) is 0 Å². The molecule has 9 heteroatoms. The van der Waals surface area contributed by atoms with Crippen LogP contribution in [-0.2, 0) is 19.6 Å². The lowest BCUT2D eigenvalue weighted by molar-refractivity contribution is -0.123. The molecule has 2 aromatic rings. The van der Waals surface area contributed by atoms with E-state index in [1.807, 2.05) is 0 Å². The third kappa shape index (κ3) is 5.66. The molecular formula is C23H28N2O6S. The quantitative estimate of drug-likeness (QED) is 0.635. The monoisotopic (exact) mass is 460 g/mol. The number of nitrogens with one attached hydrogen (secondary N) is 1. The first-order valence-electron chi connectivity index (χ1n) is 10.6. The van der Waals surface area contributed by atoms with Crippen LogP contribution in [0.5, 0.6) is 5.75 Å². The van der Waals surface area contributed by atoms with Gasteiger partial charge >= 0.3 is 5.97 Å². The van der Waals surface area contributed by atoms with Gasteiger partial charge in [-0.05, 0) is 50.1 Å². The number of benzene rings is 2. The van der Waals surface area contributed by atoms with Crippen LogP contribution in [0.2, 0.25) is 0 Å². The highest BCUT2D eigenvalue weighted by molar-refractivity contribution is 7.89. The third-order valence-electron chi connectivity index (χ3n) is 5.29. The van der Waals surface area contributed by atoms with Gasteiger partial charge < -0.3 is 14.8 Å². The van der Waals surface area contributed by atoms with Crippen LogP contribution in [0, 0.1) is 0 Å². The molecule has 1 saturated heterocycles. The Morgan fingerprint density at radius 1 is 1.00 bits per heavy atom. The predicted molar refractivity (Wildman–Crippen MR) is 120 cm³/mol. The summed E-state index contributed by atoms with van der Waals surface area (Å²) in [5, 5.41) is 2.66. The van der Waals surface area contributed by atoms with E-state index in [0.717, 1.165) is 25.7 Å². The van der Waals surface area contributed by atoms with E-state index in [2.05, 4.69) is 5.32 Å². The van der Waals surface area contributed by atoms with Crippen molar-refractivity contribution in [2.45, 2.75) is 43.6 Å². The number of ether oxygens (including phenoxy) is 2. The van der Waals surface area contributed by atoms with E-state index in [9.17, 15) is 18.0 Å². The second kappa shape index (κ2) is 10.6. The van der Waals surface area contributed by atoms with E-state index in [4.69, 9.17) is 9.47 Å². The van der Waals surface area contributed by atoms with E-state index in [0.29, 0.717) is 24.5 Å². The molecular weight excluding hydrogens is 432 g/mol. The van der Waals surface area contributed by atoms with Crippen molar-refractivity contribution in [2.75, 3.05) is 25.5 Å². The molecule has 0 aliphatic carbocycles. The number of amides is 1. The summed E-state index contributed by atoms with van der Waals surface area (Å²) < 4.78 is 38.0. The molecule has 0 spiro atoms. The maximum atomic E-state index is 13.0. The van der Waals surface area contributed by atoms with E-state index in [1.54, 1.807) is 24.3 Å². The van der Waals surface area contributed by atoms with Crippen LogP contribution in [0.15, 0.2) is 53.4 Å². The van der Waals surface area contributed by atoms with Crippen molar-refractivity contribution in [1.82, 2.24) is 4.31 Å². The maximum Gasteiger partial charge on any atom is 0.338 e. The number of hydrogen-bond donors (Lipinski definition) is 1. The van der Waals surface area contributed by atoms with Gasteiger partial charge in [0.2, 0.25) is 10.0 Å². The molecule has 1 aliphatic rings. The maximum absolute atomic E-state index is 13.0. The van der Waals surface area contributed by atoms with Crippen LogP contribution in [0.25, 0.3) is 0 Å². The van der Waals surface area contributed by atoms with E-state index >= 15 is 0 Å². The lowest BCUT2D eigenvalue weighted by Crippen LogP contribution is -2.32. The van der Waals surface area contributed by atoms with E-state index in [1.165, 1.54) is 42.6 Å². The van der Waals surface area contributed by atoms with Crippen LogP contribution in [0.4, 0.5) is 5.69 Å². The highest BCUT2D eigenvalue weighted by atomic mass is 32.2. The summed E-state index contributed by atoms with van der Waals surface area (Å²) in [7, 11) is -2.21. The Morgan fingerprint density at radius 2 is 1.69 bits per heavy atom. The topological polar surface area (TPSA) is 102 Å². The smallest absolute Gasteiger partial charge is 0.338 e. The van der Waals surface area contributed by atoms with Gasteiger partial charge in [0, 0.05) is 13.1 Å². The summed E-state index contributed by atoms with van der Waals surface area (Å²) in [5.41, 5.74) is 0.520. The average Bonchev–Trinajstić information content (AvgIpc) is 3.09. The first-order valence-corrected chi connectivity index (χ1v) is 12.0. The van der Waals surface area contributed by atoms with Crippen molar-refractivity contribution in [3.63, 3.8) is 0 Å². The van der Waals surface area contributed by atoms with E-state index < -0.39 is 28.0 Å². The van der Waals surface area contributed by atoms with Crippen LogP contribution in [-0.4, -0.2) is 50.9 Å². The predicted octanol–water partition coefficient (Wildman–Crippen LogP) is 3.44. The normalized spacial score (nSPS) is 15.9. The standard InChI is InChI=1S/C23H28N2O6S/c1-17(22(26)24-20-12-5-6-13-21(20)30-2)31-23(27)18-10-9-11-19(16-18)32(28,29)25-14-7-3-4-8-15-25/h5-6,9-13,16-17H,3-4,7-8,14-15H2,1-2H3,(H,24,26)/t17-/m0/s1. The van der Waals surface area contributed by atoms with Gasteiger partial charge in [-0.1, -0.05) is 31.0 Å². The Balaban J connectivity index is 1.69. The average molecular weight is 461 g/mol. The van der Waals surface area contributed by atoms with Crippen molar-refractivity contribution >= 4 is 27.6 Å². The zero-order valence-electron chi connectivity index (χ0n) is 18.2. The zero-order chi connectivity index (χ0) is 23.1. The number of sulfonamides is 1. The van der Waals surface area contributed by atoms with Gasteiger partial charge in [-0.2, -0.15) is 4.31 Å². The molecule has 2 aromatic carbocycles. The number of carbonyl (C=O) groups is 2. The minimum atomic E-state index is -3.70. The molecule has 0 unspecified atom stereocenters. The lowest BCUT2D eigenvalue weighted by atomic mass is 10.2. The summed E-state index contributed by atoms with van der Waals surface area (Å²) in [6.45, 7) is 2.38. The summed E-state index contributed by atoms with van der Waals surface area (Å²) in [4.78, 5) is 25.1. The van der Waals surface area contributed by atoms with Gasteiger partial charge in [-0.25, -0.2) is 13.2 Å². The fraction of sp³-hybridized carbons (Fsp3) is 0.391. The molecule has 1 N–H and O–H groups in total. The molecule has 32 heavy (non-hydrogen) atoms. The van der Waals surface area contributed by atoms with Crippen LogP contribution in [0.3, 0.4) is 0 Å². The number of anilines is 1. The summed E-state index contributed by atoms with van der Waals surface area (Å²) in [5.74, 6) is -0.831. The number of methoxy groups -OCH3 is 1. The second-order valence-electron chi connectivity index (χ2n) is 7.58. The summed E-state index contributed by atoms with van der Waals surface area (Å²) in [6.07, 6.45) is 2.55. The molecule has 1 fully saturated rings. The molecule has 0 saturated carbocycles. The Labute approximate surface area is 188 Å². The largest absolute Gasteiger partial charge is 0.495 e. The first-order chi connectivity index (χ1) is 15.3. The Kier molecular flexibility index (Phi) is 7.87. The lowest BCUT2D eigenvalue weighted by Gasteiger charge is -2.20. The van der Waals surface area contributed by atoms with E-state index in [-0.39, 0.29) is 10.5 Å². The molecule has 0 bridgehead atoms. The van der Waals surface area contributed by atoms with Crippen molar-refractivity contribution in [3.05, 3.63) is 54.1 Å². The fourth-order valence-corrected chi connectivity index (χ4v) is 5.04. The van der Waals surface area contributed by atoms with Crippen LogP contribution in [0.1, 0.15) is 43.0 Å². The highest BCUT2D eigenvalue weighted by Gasteiger charge is 2.27. The van der Waals surface area contributed by atoms with Crippen LogP contribution < -0.4 is 10.1 Å². The molecule has 8 nitrogen and oxygen atoms in total. The van der Waals surface area contributed by atoms with Crippen molar-refractivity contribution in [3.8, 4) is 5.75 Å². The molecule has 0 aromatic heterocycles. The Hall–Kier alpha value is -2.91. The van der Waals surface area contributed by atoms with Crippen molar-refractivity contribution < 1.29 is 27.5 Å². The number of hydrogen-bond acceptors (Lipinski definition) is 6. The van der Waals surface area contributed by atoms with Crippen molar-refractivity contribution in [1.29, 1.82) is 0 Å². The summed E-state index contributed by atoms with van der Waals surface area (Å²) in [6, 6.07) is 12.6. The Morgan fingerprint density at radius 3 is 2.38 bits per heavy atom. The molecule has 0 radical (unpaired) electrons. The number of rotatable bonds is 7. The van der Waals surface area contributed by atoms with Crippen LogP contribution >= 0.6 is 0 Å². The Bertz CT molecular complexity index is 1060. The molecule has 172 valence electrons. The minimum absolute atomic E-state index is 0.0416. The van der Waals surface area contributed by atoms with Gasteiger partial charge in [0.25, 0.3) is 5.91 Å². The SMILES string of the molecule is COc1ccccc1NC(=O)[C@H](C)OC(=O)c1cccc(S(=O)(=O)N2CCCCCC2)c1. The fourth-order valence-electron chi connectivity index (χ4n) is 3.48. The van der Waals surface area contributed by atoms with Gasteiger partial charge in [0.1, 0.15) is 5.75 Å². The molecule has 1 heterocycles. The van der Waals surface area contributed by atoms with Gasteiger partial charge in [-0.15, -0.1) is 0 Å². The molecule has 3 rings (SSSR count). The first kappa shape index (κ1) is 23.7. The molecule has 1 aliphatic heterocycles. The molecule has 1 atom stereocenters. The molecule has 1 amide bonds. The number of para-hydroxylation sites is 2. The van der Waals surface area contributed by atoms with Gasteiger partial charge in [0.05, 0.1) is 23.3 Å². The van der Waals surface area contributed by atoms with Gasteiger partial charge in [-0.3, -0.25) is 4.79 Å². The van der Waals surface area contributed by atoms with Gasteiger partial charge in [0.15, 0.2) is 6.10 Å². The minimum Gasteiger partial charge on any atom is -0.495 e.